The van der Waals surface area contributed by atoms with E-state index in [1.54, 1.807) is 0 Å². The Morgan fingerprint density at radius 2 is 1.66 bits per heavy atom. The Balaban J connectivity index is 1.15. The van der Waals surface area contributed by atoms with Gasteiger partial charge in [-0.2, -0.15) is 0 Å². The normalized spacial score (nSPS) is 23.0. The van der Waals surface area contributed by atoms with Gasteiger partial charge in [0.2, 0.25) is 5.78 Å². The summed E-state index contributed by atoms with van der Waals surface area (Å²) in [5.41, 5.74) is 4.27. The molecule has 1 heterocycles. The van der Waals surface area contributed by atoms with Crippen LogP contribution in [0, 0.1) is 5.41 Å². The van der Waals surface area contributed by atoms with Gasteiger partial charge in [0.25, 0.3) is 0 Å². The van der Waals surface area contributed by atoms with E-state index in [1.807, 2.05) is 54.6 Å². The number of ketones is 1. The maximum absolute atomic E-state index is 14.8. The lowest BCUT2D eigenvalue weighted by atomic mass is 9.64. The van der Waals surface area contributed by atoms with Crippen LogP contribution in [0.1, 0.15) is 95.8 Å². The number of aliphatic hydroxyl groups excluding tert-OH is 2. The minimum atomic E-state index is -1.14. The number of allylic oxidation sites excluding steroid dienone is 2. The molecule has 0 aliphatic heterocycles. The first-order valence-electron chi connectivity index (χ1n) is 21.3. The van der Waals surface area contributed by atoms with E-state index in [2.05, 4.69) is 91.6 Å². The minimum absolute atomic E-state index is 0.00521. The van der Waals surface area contributed by atoms with Gasteiger partial charge < -0.3 is 20.1 Å². The standard InChI is InChI=1S/C52H57NO5S/c1-36-12-11-26-51(2)47(45-24-22-38(28-42(54)23-21-36)29-46(45)50(56)49-30-40-16-7-9-20-48(40)59-49)25-27-52(51,57)35-53(31-41-18-10-17-39-15-6-8-19-44(39)41)32-43(55)34-58-33-37-13-4-3-5-14-37/h3-10,12-20,22,24,29-30,42-43,47,54-55,57H,11,21,23,25-28,31-35H2,1-2H3/t42-,43+,47-,51-,52+/m0/s1. The molecule has 3 N–H and O–H groups in total. The number of fused-ring (bicyclic) bond motifs is 10. The Labute approximate surface area is 352 Å². The molecule has 3 aliphatic carbocycles. The van der Waals surface area contributed by atoms with Gasteiger partial charge in [0.1, 0.15) is 0 Å². The molecule has 7 heteroatoms. The van der Waals surface area contributed by atoms with Gasteiger partial charge in [-0.1, -0.05) is 122 Å². The number of rotatable bonds is 12. The zero-order valence-electron chi connectivity index (χ0n) is 34.4. The molecule has 59 heavy (non-hydrogen) atoms. The van der Waals surface area contributed by atoms with Crippen LogP contribution in [0.2, 0.25) is 0 Å². The predicted octanol–water partition coefficient (Wildman–Crippen LogP) is 10.4. The van der Waals surface area contributed by atoms with Crippen LogP contribution in [0.3, 0.4) is 0 Å². The molecule has 0 saturated heterocycles. The summed E-state index contributed by atoms with van der Waals surface area (Å²) >= 11 is 1.52. The zero-order chi connectivity index (χ0) is 41.0. The molecule has 3 aliphatic rings. The van der Waals surface area contributed by atoms with Crippen molar-refractivity contribution < 1.29 is 24.9 Å². The molecule has 1 aromatic heterocycles. The van der Waals surface area contributed by atoms with E-state index in [4.69, 9.17) is 4.74 Å². The first-order chi connectivity index (χ1) is 28.6. The fourth-order valence-electron chi connectivity index (χ4n) is 9.89. The number of benzene rings is 5. The third-order valence-electron chi connectivity index (χ3n) is 13.2. The molecule has 0 spiro atoms. The van der Waals surface area contributed by atoms with Crippen LogP contribution < -0.4 is 0 Å². The summed E-state index contributed by atoms with van der Waals surface area (Å²) in [7, 11) is 0. The second kappa shape index (κ2) is 18.0. The minimum Gasteiger partial charge on any atom is -0.393 e. The summed E-state index contributed by atoms with van der Waals surface area (Å²) in [6, 6.07) is 41.1. The Morgan fingerprint density at radius 3 is 2.49 bits per heavy atom. The highest BCUT2D eigenvalue weighted by molar-refractivity contribution is 7.21. The third kappa shape index (κ3) is 9.17. The maximum atomic E-state index is 14.8. The van der Waals surface area contributed by atoms with Gasteiger partial charge >= 0.3 is 0 Å². The van der Waals surface area contributed by atoms with Crippen LogP contribution >= 0.6 is 11.3 Å². The third-order valence-corrected chi connectivity index (χ3v) is 14.3. The van der Waals surface area contributed by atoms with Crippen molar-refractivity contribution >= 4 is 38.0 Å². The number of ether oxygens (including phenoxy) is 1. The Hall–Kier alpha value is -4.47. The van der Waals surface area contributed by atoms with Gasteiger partial charge in [-0.25, -0.2) is 0 Å². The number of hydrogen-bond donors (Lipinski definition) is 3. The molecule has 5 aromatic carbocycles. The highest BCUT2D eigenvalue weighted by Crippen LogP contribution is 2.59. The average Bonchev–Trinajstić information content (AvgIpc) is 3.78. The molecule has 2 bridgehead atoms. The quantitative estimate of drug-likeness (QED) is 0.0843. The molecular formula is C52H57NO5S. The highest BCUT2D eigenvalue weighted by Gasteiger charge is 2.57. The number of carbonyl (C=O) groups excluding carboxylic acids is 1. The zero-order valence-corrected chi connectivity index (χ0v) is 35.2. The van der Waals surface area contributed by atoms with E-state index < -0.39 is 23.2 Å². The van der Waals surface area contributed by atoms with Gasteiger partial charge in [0.15, 0.2) is 0 Å². The van der Waals surface area contributed by atoms with E-state index in [0.29, 0.717) is 55.9 Å². The lowest BCUT2D eigenvalue weighted by Crippen LogP contribution is -2.53. The molecule has 5 atom stereocenters. The predicted molar refractivity (Wildman–Crippen MR) is 240 cm³/mol. The molecule has 1 fully saturated rings. The van der Waals surface area contributed by atoms with E-state index in [-0.39, 0.29) is 18.3 Å². The van der Waals surface area contributed by atoms with Crippen molar-refractivity contribution in [1.82, 2.24) is 4.90 Å². The van der Waals surface area contributed by atoms with Crippen molar-refractivity contribution in [3.63, 3.8) is 0 Å². The van der Waals surface area contributed by atoms with Crippen molar-refractivity contribution in [1.29, 1.82) is 0 Å². The monoisotopic (exact) mass is 807 g/mol. The lowest BCUT2D eigenvalue weighted by Gasteiger charge is -2.46. The topological polar surface area (TPSA) is 90.2 Å². The van der Waals surface area contributed by atoms with Crippen molar-refractivity contribution in [3.8, 4) is 0 Å². The summed E-state index contributed by atoms with van der Waals surface area (Å²) in [5.74, 6) is -0.107. The van der Waals surface area contributed by atoms with Gasteiger partial charge in [-0.05, 0) is 114 Å². The molecular weight excluding hydrogens is 751 g/mol. The van der Waals surface area contributed by atoms with Crippen molar-refractivity contribution in [3.05, 3.63) is 166 Å². The number of carbonyl (C=O) groups is 1. The SMILES string of the molecule is CC1=CCC[C@@]2(C)[C@@H](CC[C@@]2(O)CN(Cc2cccc3ccccc23)C[C@@H](O)COCc2ccccc2)c2ccc(cc2C(=O)c2cc3ccccc3s2)C[C@@H](O)CC1. The Bertz CT molecular complexity index is 2380. The first kappa shape index (κ1) is 41.3. The van der Waals surface area contributed by atoms with Crippen molar-refractivity contribution in [2.24, 2.45) is 5.41 Å². The van der Waals surface area contributed by atoms with E-state index >= 15 is 0 Å². The number of nitrogens with zero attached hydrogens (tertiary/aromatic N) is 1. The van der Waals surface area contributed by atoms with Crippen LogP contribution in [-0.2, 0) is 24.3 Å². The Morgan fingerprint density at radius 1 is 0.898 bits per heavy atom. The van der Waals surface area contributed by atoms with Crippen molar-refractivity contribution in [2.45, 2.75) is 95.7 Å². The fraction of sp³-hybridized carbons (Fsp3) is 0.365. The fourth-order valence-corrected chi connectivity index (χ4v) is 10.9. The van der Waals surface area contributed by atoms with Crippen molar-refractivity contribution in [2.75, 3.05) is 19.7 Å². The second-order valence-electron chi connectivity index (χ2n) is 17.4. The molecule has 6 nitrogen and oxygen atoms in total. The highest BCUT2D eigenvalue weighted by atomic mass is 32.1. The molecule has 9 rings (SSSR count). The molecule has 0 amide bonds. The van der Waals surface area contributed by atoms with Gasteiger partial charge in [-0.3, -0.25) is 9.69 Å². The largest absolute Gasteiger partial charge is 0.393 e. The molecule has 306 valence electrons. The van der Waals surface area contributed by atoms with E-state index in [1.165, 1.54) is 16.9 Å². The Kier molecular flexibility index (Phi) is 12.6. The smallest absolute Gasteiger partial charge is 0.203 e. The van der Waals surface area contributed by atoms with Crippen LogP contribution in [0.4, 0.5) is 0 Å². The van der Waals surface area contributed by atoms with Gasteiger partial charge in [0, 0.05) is 35.3 Å². The number of aliphatic hydroxyl groups is 3. The van der Waals surface area contributed by atoms with Gasteiger partial charge in [-0.15, -0.1) is 11.3 Å². The second-order valence-corrected chi connectivity index (χ2v) is 18.5. The van der Waals surface area contributed by atoms with Crippen LogP contribution in [-0.4, -0.2) is 63.5 Å². The summed E-state index contributed by atoms with van der Waals surface area (Å²) in [4.78, 5) is 17.7. The van der Waals surface area contributed by atoms with Crippen LogP contribution in [0.5, 0.6) is 0 Å². The maximum Gasteiger partial charge on any atom is 0.203 e. The summed E-state index contributed by atoms with van der Waals surface area (Å²) in [6.45, 7) is 6.19. The molecule has 1 saturated carbocycles. The summed E-state index contributed by atoms with van der Waals surface area (Å²) in [6.07, 6.45) is 5.69. The summed E-state index contributed by atoms with van der Waals surface area (Å²) < 4.78 is 7.11. The molecule has 0 radical (unpaired) electrons. The summed E-state index contributed by atoms with van der Waals surface area (Å²) in [5, 5.41) is 39.4. The van der Waals surface area contributed by atoms with Crippen LogP contribution in [0.25, 0.3) is 20.9 Å². The van der Waals surface area contributed by atoms with E-state index in [9.17, 15) is 20.1 Å². The number of hydrogen-bond acceptors (Lipinski definition) is 7. The van der Waals surface area contributed by atoms with E-state index in [0.717, 1.165) is 68.8 Å². The number of thiophene rings is 1. The van der Waals surface area contributed by atoms with Crippen LogP contribution in [0.15, 0.2) is 133 Å². The average molecular weight is 808 g/mol. The molecule has 6 aromatic rings. The van der Waals surface area contributed by atoms with Gasteiger partial charge in [0.05, 0.1) is 35.9 Å². The lowest BCUT2D eigenvalue weighted by molar-refractivity contribution is -0.0922. The first-order valence-corrected chi connectivity index (χ1v) is 22.1. The molecule has 0 unspecified atom stereocenters.